The average molecular weight is 349 g/mol. The molecule has 0 unspecified atom stereocenters. The van der Waals surface area contributed by atoms with Crippen molar-refractivity contribution in [2.45, 2.75) is 38.9 Å². The highest BCUT2D eigenvalue weighted by Gasteiger charge is 2.31. The summed E-state index contributed by atoms with van der Waals surface area (Å²) in [5.74, 6) is -0.485. The first-order chi connectivity index (χ1) is 11.6. The third-order valence-electron chi connectivity index (χ3n) is 3.46. The van der Waals surface area contributed by atoms with E-state index in [2.05, 4.69) is 5.32 Å². The Labute approximate surface area is 146 Å². The van der Waals surface area contributed by atoms with Crippen LogP contribution in [0, 0.1) is 0 Å². The van der Waals surface area contributed by atoms with Crippen LogP contribution in [0.3, 0.4) is 0 Å². The van der Waals surface area contributed by atoms with E-state index in [1.165, 1.54) is 17.0 Å². The first kappa shape index (κ1) is 18.6. The molecule has 1 saturated heterocycles. The van der Waals surface area contributed by atoms with Gasteiger partial charge in [-0.3, -0.25) is 0 Å². The molecule has 0 aromatic heterocycles. The maximum atomic E-state index is 12.2. The largest absolute Gasteiger partial charge is 0.457 e. The van der Waals surface area contributed by atoms with Gasteiger partial charge >= 0.3 is 18.1 Å². The van der Waals surface area contributed by atoms with Gasteiger partial charge in [-0.1, -0.05) is 0 Å². The van der Waals surface area contributed by atoms with E-state index in [0.717, 1.165) is 0 Å². The molecular formula is C17H23N3O5. The molecule has 2 rings (SSSR count). The Bertz CT molecular complexity index is 651. The zero-order chi connectivity index (χ0) is 18.6. The van der Waals surface area contributed by atoms with Crippen molar-refractivity contribution in [1.82, 2.24) is 4.90 Å². The summed E-state index contributed by atoms with van der Waals surface area (Å²) in [4.78, 5) is 36.5. The lowest BCUT2D eigenvalue weighted by Crippen LogP contribution is -2.36. The highest BCUT2D eigenvalue weighted by Crippen LogP contribution is 2.19. The lowest BCUT2D eigenvalue weighted by atomic mass is 10.2. The molecule has 0 bridgehead atoms. The molecule has 3 N–H and O–H groups in total. The third kappa shape index (κ3) is 5.66. The number of amides is 3. The van der Waals surface area contributed by atoms with Gasteiger partial charge in [-0.15, -0.1) is 0 Å². The number of hydrogen-bond acceptors (Lipinski definition) is 5. The van der Waals surface area contributed by atoms with Crippen molar-refractivity contribution in [2.24, 2.45) is 5.73 Å². The smallest absolute Gasteiger partial charge is 0.410 e. The minimum atomic E-state index is -0.677. The van der Waals surface area contributed by atoms with Gasteiger partial charge in [0.1, 0.15) is 11.7 Å². The Kier molecular flexibility index (Phi) is 5.51. The Morgan fingerprint density at radius 3 is 2.40 bits per heavy atom. The summed E-state index contributed by atoms with van der Waals surface area (Å²) in [7, 11) is 0. The van der Waals surface area contributed by atoms with E-state index in [4.69, 9.17) is 15.2 Å². The number of nitrogens with two attached hydrogens (primary N) is 1. The van der Waals surface area contributed by atoms with Crippen LogP contribution < -0.4 is 11.1 Å². The molecule has 8 nitrogen and oxygen atoms in total. The summed E-state index contributed by atoms with van der Waals surface area (Å²) in [6.07, 6.45) is -0.219. The highest BCUT2D eigenvalue weighted by molar-refractivity contribution is 5.92. The van der Waals surface area contributed by atoms with Crippen LogP contribution in [0.15, 0.2) is 24.3 Å². The molecule has 1 aromatic rings. The van der Waals surface area contributed by atoms with Crippen LogP contribution in [0.25, 0.3) is 0 Å². The van der Waals surface area contributed by atoms with Crippen molar-refractivity contribution in [1.29, 1.82) is 0 Å². The van der Waals surface area contributed by atoms with Crippen LogP contribution in [0.1, 0.15) is 37.6 Å². The average Bonchev–Trinajstić information content (AvgIpc) is 2.94. The van der Waals surface area contributed by atoms with Crippen LogP contribution in [-0.4, -0.2) is 47.8 Å². The van der Waals surface area contributed by atoms with Gasteiger partial charge in [0.05, 0.1) is 12.1 Å². The van der Waals surface area contributed by atoms with Crippen molar-refractivity contribution >= 4 is 23.8 Å². The number of nitrogens with one attached hydrogen (secondary N) is 1. The van der Waals surface area contributed by atoms with Gasteiger partial charge < -0.3 is 25.4 Å². The first-order valence-corrected chi connectivity index (χ1v) is 7.99. The molecule has 1 atom stereocenters. The molecule has 3 amide bonds. The molecule has 1 heterocycles. The molecule has 1 aliphatic rings. The van der Waals surface area contributed by atoms with Crippen LogP contribution in [-0.2, 0) is 9.47 Å². The van der Waals surface area contributed by atoms with Crippen LogP contribution >= 0.6 is 0 Å². The van der Waals surface area contributed by atoms with Crippen LogP contribution in [0.5, 0.6) is 0 Å². The fraction of sp³-hybridized carbons (Fsp3) is 0.471. The van der Waals surface area contributed by atoms with Crippen molar-refractivity contribution in [3.8, 4) is 0 Å². The maximum Gasteiger partial charge on any atom is 0.410 e. The molecule has 1 fully saturated rings. The quantitative estimate of drug-likeness (QED) is 0.814. The van der Waals surface area contributed by atoms with E-state index in [-0.39, 0.29) is 6.10 Å². The number of carbonyl (C=O) groups excluding carboxylic acids is 3. The standard InChI is InChI=1S/C17H23N3O5/c1-17(2,3)25-16(23)20-9-8-13(10-20)24-14(21)11-4-6-12(7-5-11)19-15(18)22/h4-7,13H,8-10H2,1-3H3,(H3,18,19,22)/t13-/m0/s1. The predicted octanol–water partition coefficient (Wildman–Crippen LogP) is 2.34. The summed E-state index contributed by atoms with van der Waals surface area (Å²) in [5, 5.41) is 2.41. The van der Waals surface area contributed by atoms with E-state index in [1.54, 1.807) is 32.9 Å². The molecule has 0 saturated carbocycles. The van der Waals surface area contributed by atoms with Crippen molar-refractivity contribution < 1.29 is 23.9 Å². The zero-order valence-electron chi connectivity index (χ0n) is 14.6. The molecule has 8 heteroatoms. The molecule has 0 spiro atoms. The van der Waals surface area contributed by atoms with E-state index in [0.29, 0.717) is 30.8 Å². The lowest BCUT2D eigenvalue weighted by Gasteiger charge is -2.24. The Morgan fingerprint density at radius 2 is 1.84 bits per heavy atom. The number of hydrogen-bond donors (Lipinski definition) is 2. The van der Waals surface area contributed by atoms with Gasteiger partial charge in [-0.25, -0.2) is 14.4 Å². The van der Waals surface area contributed by atoms with Gasteiger partial charge in [0.25, 0.3) is 0 Å². The van der Waals surface area contributed by atoms with Gasteiger partial charge in [-0.05, 0) is 45.0 Å². The van der Waals surface area contributed by atoms with E-state index in [9.17, 15) is 14.4 Å². The maximum absolute atomic E-state index is 12.2. The van der Waals surface area contributed by atoms with Gasteiger partial charge in [-0.2, -0.15) is 0 Å². The fourth-order valence-electron chi connectivity index (χ4n) is 2.37. The molecule has 0 radical (unpaired) electrons. The summed E-state index contributed by atoms with van der Waals surface area (Å²) in [6.45, 7) is 6.19. The SMILES string of the molecule is CC(C)(C)OC(=O)N1CC[C@H](OC(=O)c2ccc(NC(N)=O)cc2)C1. The molecule has 1 aliphatic heterocycles. The second-order valence-electron chi connectivity index (χ2n) is 6.81. The van der Waals surface area contributed by atoms with Crippen LogP contribution in [0.4, 0.5) is 15.3 Å². The minimum Gasteiger partial charge on any atom is -0.457 e. The lowest BCUT2D eigenvalue weighted by molar-refractivity contribution is 0.0191. The van der Waals surface area contributed by atoms with Crippen molar-refractivity contribution in [2.75, 3.05) is 18.4 Å². The zero-order valence-corrected chi connectivity index (χ0v) is 14.6. The molecule has 25 heavy (non-hydrogen) atoms. The highest BCUT2D eigenvalue weighted by atomic mass is 16.6. The number of ether oxygens (including phenoxy) is 2. The van der Waals surface area contributed by atoms with Crippen molar-refractivity contribution in [3.05, 3.63) is 29.8 Å². The van der Waals surface area contributed by atoms with Gasteiger partial charge in [0.2, 0.25) is 0 Å². The number of nitrogens with zero attached hydrogens (tertiary/aromatic N) is 1. The van der Waals surface area contributed by atoms with Gasteiger partial charge in [0.15, 0.2) is 0 Å². The second-order valence-corrected chi connectivity index (χ2v) is 6.81. The van der Waals surface area contributed by atoms with E-state index >= 15 is 0 Å². The topological polar surface area (TPSA) is 111 Å². The number of anilines is 1. The summed E-state index contributed by atoms with van der Waals surface area (Å²) >= 11 is 0. The number of primary amides is 1. The number of benzene rings is 1. The van der Waals surface area contributed by atoms with E-state index < -0.39 is 23.7 Å². The third-order valence-corrected chi connectivity index (χ3v) is 3.46. The Balaban J connectivity index is 1.87. The molecular weight excluding hydrogens is 326 g/mol. The Morgan fingerprint density at radius 1 is 1.20 bits per heavy atom. The minimum absolute atomic E-state index is 0.308. The summed E-state index contributed by atoms with van der Waals surface area (Å²) < 4.78 is 10.7. The summed E-state index contributed by atoms with van der Waals surface area (Å²) in [6, 6.07) is 5.51. The number of urea groups is 1. The molecule has 0 aliphatic carbocycles. The second kappa shape index (κ2) is 7.42. The predicted molar refractivity (Wildman–Crippen MR) is 91.3 cm³/mol. The number of esters is 1. The normalized spacial score (nSPS) is 17.1. The van der Waals surface area contributed by atoms with Gasteiger partial charge in [0, 0.05) is 18.7 Å². The molecule has 136 valence electrons. The number of likely N-dealkylation sites (tertiary alicyclic amines) is 1. The fourth-order valence-corrected chi connectivity index (χ4v) is 2.37. The Hall–Kier alpha value is -2.77. The molecule has 1 aromatic carbocycles. The summed E-state index contributed by atoms with van der Waals surface area (Å²) in [5.41, 5.74) is 5.30. The number of rotatable bonds is 3. The monoisotopic (exact) mass is 349 g/mol. The van der Waals surface area contributed by atoms with Crippen LogP contribution in [0.2, 0.25) is 0 Å². The van der Waals surface area contributed by atoms with Crippen molar-refractivity contribution in [3.63, 3.8) is 0 Å². The first-order valence-electron chi connectivity index (χ1n) is 7.99. The van der Waals surface area contributed by atoms with E-state index in [1.807, 2.05) is 0 Å². The number of carbonyl (C=O) groups is 3.